The Morgan fingerprint density at radius 3 is 2.70 bits per heavy atom. The van der Waals surface area contributed by atoms with E-state index in [1.807, 2.05) is 30.3 Å². The van der Waals surface area contributed by atoms with E-state index in [4.69, 9.17) is 16.6 Å². The van der Waals surface area contributed by atoms with Gasteiger partial charge >= 0.3 is 0 Å². The summed E-state index contributed by atoms with van der Waals surface area (Å²) in [7, 11) is 0. The second-order valence-corrected chi connectivity index (χ2v) is 8.05. The quantitative estimate of drug-likeness (QED) is 0.441. The maximum Gasteiger partial charge on any atom is 0.267 e. The third-order valence-corrected chi connectivity index (χ3v) is 5.78. The van der Waals surface area contributed by atoms with E-state index in [1.54, 1.807) is 55.2 Å². The van der Waals surface area contributed by atoms with Crippen LogP contribution in [0.2, 0.25) is 5.02 Å². The molecule has 0 aliphatic carbocycles. The molecule has 164 valence electrons. The molecule has 2 aromatic carbocycles. The van der Waals surface area contributed by atoms with Gasteiger partial charge in [0.1, 0.15) is 5.82 Å². The van der Waals surface area contributed by atoms with Crippen LogP contribution in [-0.2, 0) is 0 Å². The molecule has 0 saturated heterocycles. The van der Waals surface area contributed by atoms with Gasteiger partial charge < -0.3 is 5.32 Å². The van der Waals surface area contributed by atoms with Crippen molar-refractivity contribution in [3.63, 3.8) is 0 Å². The summed E-state index contributed by atoms with van der Waals surface area (Å²) in [5.41, 5.74) is 2.39. The first-order valence-electron chi connectivity index (χ1n) is 10.3. The van der Waals surface area contributed by atoms with Gasteiger partial charge in [0.15, 0.2) is 0 Å². The van der Waals surface area contributed by atoms with E-state index in [1.165, 1.54) is 4.57 Å². The summed E-state index contributed by atoms with van der Waals surface area (Å²) in [5, 5.41) is 8.00. The van der Waals surface area contributed by atoms with Crippen molar-refractivity contribution < 1.29 is 4.79 Å². The highest BCUT2D eigenvalue weighted by Crippen LogP contribution is 2.23. The number of halogens is 1. The molecule has 0 saturated carbocycles. The van der Waals surface area contributed by atoms with Crippen molar-refractivity contribution in [1.82, 2.24) is 29.5 Å². The zero-order valence-electron chi connectivity index (χ0n) is 17.9. The lowest BCUT2D eigenvalue weighted by atomic mass is 10.1. The molecule has 0 fully saturated rings. The summed E-state index contributed by atoms with van der Waals surface area (Å²) in [6, 6.07) is 13.7. The molecular formula is C24H19ClN6O2. The minimum absolute atomic E-state index is 0.302. The minimum Gasteiger partial charge on any atom is -0.342 e. The van der Waals surface area contributed by atoms with Crippen LogP contribution in [0, 0.1) is 6.92 Å². The SMILES string of the molecule is Cc1nn2ccncc2c1C(=O)N[C@@H](C)c1nc2cccc(Cl)c2c(=O)n1-c1ccccc1. The van der Waals surface area contributed by atoms with Gasteiger partial charge in [-0.25, -0.2) is 9.50 Å². The highest BCUT2D eigenvalue weighted by molar-refractivity contribution is 6.35. The predicted octanol–water partition coefficient (Wildman–Crippen LogP) is 3.88. The summed E-state index contributed by atoms with van der Waals surface area (Å²) in [5.74, 6) is 0.0598. The Kier molecular flexibility index (Phi) is 5.14. The van der Waals surface area contributed by atoms with E-state index in [9.17, 15) is 9.59 Å². The monoisotopic (exact) mass is 458 g/mol. The topological polar surface area (TPSA) is 94.2 Å². The van der Waals surface area contributed by atoms with Gasteiger partial charge in [0.2, 0.25) is 0 Å². The van der Waals surface area contributed by atoms with E-state index in [-0.39, 0.29) is 11.5 Å². The van der Waals surface area contributed by atoms with Gasteiger partial charge in [-0.2, -0.15) is 5.10 Å². The van der Waals surface area contributed by atoms with Crippen LogP contribution in [0.15, 0.2) is 71.9 Å². The molecule has 5 aromatic rings. The minimum atomic E-state index is -0.597. The summed E-state index contributed by atoms with van der Waals surface area (Å²) in [6.07, 6.45) is 4.88. The van der Waals surface area contributed by atoms with Crippen molar-refractivity contribution in [1.29, 1.82) is 0 Å². The number of para-hydroxylation sites is 1. The normalized spacial score (nSPS) is 12.2. The second kappa shape index (κ2) is 8.14. The Morgan fingerprint density at radius 2 is 1.91 bits per heavy atom. The first kappa shape index (κ1) is 20.8. The van der Waals surface area contributed by atoms with Gasteiger partial charge in [0.25, 0.3) is 11.5 Å². The first-order chi connectivity index (χ1) is 16.0. The van der Waals surface area contributed by atoms with E-state index in [0.717, 1.165) is 0 Å². The van der Waals surface area contributed by atoms with E-state index >= 15 is 0 Å². The van der Waals surface area contributed by atoms with E-state index < -0.39 is 6.04 Å². The number of hydrogen-bond donors (Lipinski definition) is 1. The van der Waals surface area contributed by atoms with Crippen LogP contribution in [0.1, 0.15) is 34.8 Å². The fourth-order valence-electron chi connectivity index (χ4n) is 3.96. The summed E-state index contributed by atoms with van der Waals surface area (Å²) in [6.45, 7) is 3.55. The van der Waals surface area contributed by atoms with Crippen molar-refractivity contribution in [2.45, 2.75) is 19.9 Å². The summed E-state index contributed by atoms with van der Waals surface area (Å²) >= 11 is 6.34. The molecule has 0 bridgehead atoms. The lowest BCUT2D eigenvalue weighted by molar-refractivity contribution is 0.0939. The number of nitrogens with one attached hydrogen (secondary N) is 1. The van der Waals surface area contributed by atoms with Gasteiger partial charge in [-0.05, 0) is 38.1 Å². The molecule has 33 heavy (non-hydrogen) atoms. The van der Waals surface area contributed by atoms with Crippen LogP contribution < -0.4 is 10.9 Å². The molecule has 0 aliphatic heterocycles. The Hall–Kier alpha value is -4.04. The van der Waals surface area contributed by atoms with Gasteiger partial charge in [-0.1, -0.05) is 35.9 Å². The average Bonchev–Trinajstić information content (AvgIpc) is 3.15. The molecule has 1 amide bonds. The third-order valence-electron chi connectivity index (χ3n) is 5.46. The van der Waals surface area contributed by atoms with Crippen molar-refractivity contribution in [3.05, 3.63) is 99.6 Å². The number of hydrogen-bond acceptors (Lipinski definition) is 5. The van der Waals surface area contributed by atoms with Crippen molar-refractivity contribution in [2.75, 3.05) is 0 Å². The van der Waals surface area contributed by atoms with Crippen molar-refractivity contribution in [2.24, 2.45) is 0 Å². The number of benzene rings is 2. The summed E-state index contributed by atoms with van der Waals surface area (Å²) in [4.78, 5) is 35.6. The molecule has 0 spiro atoms. The fraction of sp³-hybridized carbons (Fsp3) is 0.125. The molecule has 3 heterocycles. The molecule has 0 aliphatic rings. The number of nitrogens with zero attached hydrogens (tertiary/aromatic N) is 5. The van der Waals surface area contributed by atoms with Gasteiger partial charge in [-0.3, -0.25) is 19.1 Å². The number of aromatic nitrogens is 5. The molecule has 9 heteroatoms. The fourth-order valence-corrected chi connectivity index (χ4v) is 4.21. The van der Waals surface area contributed by atoms with Crippen LogP contribution in [0.5, 0.6) is 0 Å². The van der Waals surface area contributed by atoms with Crippen LogP contribution >= 0.6 is 11.6 Å². The Bertz CT molecular complexity index is 1580. The van der Waals surface area contributed by atoms with Crippen LogP contribution in [0.3, 0.4) is 0 Å². The maximum atomic E-state index is 13.5. The average molecular weight is 459 g/mol. The lowest BCUT2D eigenvalue weighted by Gasteiger charge is -2.20. The molecule has 8 nitrogen and oxygen atoms in total. The second-order valence-electron chi connectivity index (χ2n) is 7.64. The Morgan fingerprint density at radius 1 is 1.12 bits per heavy atom. The number of rotatable bonds is 4. The zero-order valence-corrected chi connectivity index (χ0v) is 18.6. The number of carbonyl (C=O) groups excluding carboxylic acids is 1. The highest BCUT2D eigenvalue weighted by atomic mass is 35.5. The van der Waals surface area contributed by atoms with E-state index in [0.29, 0.717) is 44.2 Å². The largest absolute Gasteiger partial charge is 0.342 e. The molecule has 1 N–H and O–H groups in total. The molecule has 0 unspecified atom stereocenters. The summed E-state index contributed by atoms with van der Waals surface area (Å²) < 4.78 is 3.10. The molecule has 5 rings (SSSR count). The molecular weight excluding hydrogens is 440 g/mol. The first-order valence-corrected chi connectivity index (χ1v) is 10.7. The van der Waals surface area contributed by atoms with Gasteiger partial charge in [0, 0.05) is 12.4 Å². The standard InChI is InChI=1S/C24H19ClN6O2/c1-14-20(19-13-26-11-12-30(19)29-14)23(32)27-15(2)22-28-18-10-6-9-17(25)21(18)24(33)31(22)16-7-4-3-5-8-16/h3-13,15H,1-2H3,(H,27,32)/t15-/m0/s1. The smallest absolute Gasteiger partial charge is 0.267 e. The number of carbonyl (C=O) groups is 1. The number of fused-ring (bicyclic) bond motifs is 2. The van der Waals surface area contributed by atoms with E-state index in [2.05, 4.69) is 15.4 Å². The van der Waals surface area contributed by atoms with Crippen LogP contribution in [0.25, 0.3) is 22.1 Å². The van der Waals surface area contributed by atoms with Crippen LogP contribution in [-0.4, -0.2) is 30.1 Å². The molecule has 1 atom stereocenters. The molecule has 0 radical (unpaired) electrons. The number of aryl methyl sites for hydroxylation is 1. The van der Waals surface area contributed by atoms with Gasteiger partial charge in [0.05, 0.1) is 50.6 Å². The van der Waals surface area contributed by atoms with Crippen molar-refractivity contribution >= 4 is 33.9 Å². The zero-order chi connectivity index (χ0) is 23.1. The predicted molar refractivity (Wildman–Crippen MR) is 126 cm³/mol. The third kappa shape index (κ3) is 3.54. The highest BCUT2D eigenvalue weighted by Gasteiger charge is 2.23. The van der Waals surface area contributed by atoms with Crippen LogP contribution in [0.4, 0.5) is 0 Å². The Labute approximate surface area is 193 Å². The number of amides is 1. The Balaban J connectivity index is 1.64. The lowest BCUT2D eigenvalue weighted by Crippen LogP contribution is -2.33. The molecule has 3 aromatic heterocycles. The van der Waals surface area contributed by atoms with Crippen molar-refractivity contribution in [3.8, 4) is 5.69 Å². The van der Waals surface area contributed by atoms with Gasteiger partial charge in [-0.15, -0.1) is 0 Å². The maximum absolute atomic E-state index is 13.5.